The Hall–Kier alpha value is -1.34. The van der Waals surface area contributed by atoms with Gasteiger partial charge in [-0.15, -0.1) is 0 Å². The predicted octanol–water partition coefficient (Wildman–Crippen LogP) is 2.77. The number of rotatable bonds is 9. The van der Waals surface area contributed by atoms with E-state index in [1.165, 1.54) is 18.4 Å². The molecule has 0 heterocycles. The Bertz CT molecular complexity index is 648. The number of nitrogens with two attached hydrogens (primary N) is 1. The van der Waals surface area contributed by atoms with Crippen molar-refractivity contribution in [2.24, 2.45) is 5.73 Å². The van der Waals surface area contributed by atoms with E-state index < -0.39 is 33.9 Å². The molecule has 1 fully saturated rings. The largest absolute Gasteiger partial charge is 0.370 e. The first-order valence-electron chi connectivity index (χ1n) is 8.14. The van der Waals surface area contributed by atoms with E-state index in [0.717, 1.165) is 19.3 Å². The molecule has 0 radical (unpaired) electrons. The van der Waals surface area contributed by atoms with Crippen LogP contribution in [0.1, 0.15) is 50.2 Å². The fourth-order valence-electron chi connectivity index (χ4n) is 3.02. The zero-order chi connectivity index (χ0) is 17.9. The van der Waals surface area contributed by atoms with E-state index in [4.69, 9.17) is 5.73 Å². The summed E-state index contributed by atoms with van der Waals surface area (Å²) in [6, 6.07) is 2.44. The van der Waals surface area contributed by atoms with Crippen molar-refractivity contribution in [2.45, 2.75) is 51.0 Å². The normalized spacial score (nSPS) is 17.0. The standard InChI is InChI=1S/C17H24F2N2O2S/c1-3-8-21(24(2)23)11-12-9-15(19)13(10-14(12)18)17(6-7-17)5-4-16(20)22/h9-10H,3-8,11H2,1-2H3,(H2,20,22). The maximum atomic E-state index is 14.6. The molecular formula is C17H24F2N2O2S. The third-order valence-corrected chi connectivity index (χ3v) is 5.63. The molecule has 1 aliphatic rings. The van der Waals surface area contributed by atoms with Crippen molar-refractivity contribution in [1.82, 2.24) is 4.31 Å². The van der Waals surface area contributed by atoms with Crippen LogP contribution in [0.3, 0.4) is 0 Å². The maximum Gasteiger partial charge on any atom is 0.217 e. The van der Waals surface area contributed by atoms with Crippen LogP contribution < -0.4 is 5.73 Å². The number of hydrogen-bond acceptors (Lipinski definition) is 2. The van der Waals surface area contributed by atoms with Gasteiger partial charge in [-0.1, -0.05) is 6.92 Å². The predicted molar refractivity (Wildman–Crippen MR) is 90.5 cm³/mol. The molecule has 2 rings (SSSR count). The van der Waals surface area contributed by atoms with Gasteiger partial charge in [0.1, 0.15) is 11.6 Å². The number of carbonyl (C=O) groups excluding carboxylic acids is 1. The molecule has 4 nitrogen and oxygen atoms in total. The van der Waals surface area contributed by atoms with Crippen molar-refractivity contribution in [3.63, 3.8) is 0 Å². The van der Waals surface area contributed by atoms with Gasteiger partial charge in [0.05, 0.1) is 11.0 Å². The van der Waals surface area contributed by atoms with Crippen molar-refractivity contribution in [2.75, 3.05) is 12.8 Å². The summed E-state index contributed by atoms with van der Waals surface area (Å²) in [4.78, 5) is 11.0. The Balaban J connectivity index is 2.22. The van der Waals surface area contributed by atoms with Crippen molar-refractivity contribution in [3.05, 3.63) is 34.9 Å². The van der Waals surface area contributed by atoms with Gasteiger partial charge in [-0.05, 0) is 48.8 Å². The Morgan fingerprint density at radius 2 is 2.00 bits per heavy atom. The van der Waals surface area contributed by atoms with E-state index >= 15 is 0 Å². The van der Waals surface area contributed by atoms with E-state index in [2.05, 4.69) is 0 Å². The Morgan fingerprint density at radius 3 is 2.50 bits per heavy atom. The molecule has 0 bridgehead atoms. The van der Waals surface area contributed by atoms with Crippen LogP contribution in [-0.4, -0.2) is 27.2 Å². The number of amides is 1. The van der Waals surface area contributed by atoms with Gasteiger partial charge >= 0.3 is 0 Å². The summed E-state index contributed by atoms with van der Waals surface area (Å²) >= 11 is 0. The Labute approximate surface area is 144 Å². The second-order valence-electron chi connectivity index (χ2n) is 6.46. The highest BCUT2D eigenvalue weighted by Crippen LogP contribution is 2.52. The lowest BCUT2D eigenvalue weighted by Crippen LogP contribution is -2.26. The molecule has 1 saturated carbocycles. The number of hydrogen-bond donors (Lipinski definition) is 1. The lowest BCUT2D eigenvalue weighted by Gasteiger charge is -2.21. The number of benzene rings is 1. The number of carbonyl (C=O) groups is 1. The number of primary amides is 1. The highest BCUT2D eigenvalue weighted by molar-refractivity contribution is 7.81. The topological polar surface area (TPSA) is 63.4 Å². The summed E-state index contributed by atoms with van der Waals surface area (Å²) in [5.74, 6) is -1.39. The molecule has 1 unspecified atom stereocenters. The summed E-state index contributed by atoms with van der Waals surface area (Å²) in [5, 5.41) is 0. The van der Waals surface area contributed by atoms with Crippen molar-refractivity contribution in [1.29, 1.82) is 0 Å². The second kappa shape index (κ2) is 7.70. The molecule has 0 spiro atoms. The van der Waals surface area contributed by atoms with E-state index in [0.29, 0.717) is 18.5 Å². The van der Waals surface area contributed by atoms with Crippen LogP contribution in [0.5, 0.6) is 0 Å². The van der Waals surface area contributed by atoms with Gasteiger partial charge in [0.15, 0.2) is 0 Å². The minimum absolute atomic E-state index is 0.105. The Kier molecular flexibility index (Phi) is 6.09. The molecule has 0 aromatic heterocycles. The summed E-state index contributed by atoms with van der Waals surface area (Å²) in [5.41, 5.74) is 5.23. The van der Waals surface area contributed by atoms with Gasteiger partial charge in [-0.3, -0.25) is 4.79 Å². The van der Waals surface area contributed by atoms with Crippen LogP contribution in [0.2, 0.25) is 0 Å². The third kappa shape index (κ3) is 4.39. The van der Waals surface area contributed by atoms with Crippen LogP contribution in [-0.2, 0) is 27.7 Å². The first-order valence-corrected chi connectivity index (χ1v) is 9.66. The van der Waals surface area contributed by atoms with Crippen LogP contribution in [0, 0.1) is 11.6 Å². The van der Waals surface area contributed by atoms with Gasteiger partial charge in [0.25, 0.3) is 0 Å². The van der Waals surface area contributed by atoms with E-state index in [1.807, 2.05) is 6.92 Å². The SMILES string of the molecule is CCCN(Cc1cc(F)c(C2(CCC(N)=O)CC2)cc1F)S(C)=O. The number of halogens is 2. The minimum Gasteiger partial charge on any atom is -0.370 e. The van der Waals surface area contributed by atoms with Gasteiger partial charge in [-0.25, -0.2) is 17.3 Å². The lowest BCUT2D eigenvalue weighted by molar-refractivity contribution is -0.118. The molecular weight excluding hydrogens is 334 g/mol. The second-order valence-corrected chi connectivity index (χ2v) is 7.82. The third-order valence-electron chi connectivity index (χ3n) is 4.59. The molecule has 24 heavy (non-hydrogen) atoms. The summed E-state index contributed by atoms with van der Waals surface area (Å²) in [6.45, 7) is 2.60. The molecule has 0 aliphatic heterocycles. The zero-order valence-corrected chi connectivity index (χ0v) is 14.9. The first kappa shape index (κ1) is 19.0. The minimum atomic E-state index is -1.24. The molecule has 1 aromatic rings. The highest BCUT2D eigenvalue weighted by atomic mass is 32.2. The maximum absolute atomic E-state index is 14.6. The van der Waals surface area contributed by atoms with Gasteiger partial charge < -0.3 is 5.73 Å². The fraction of sp³-hybridized carbons (Fsp3) is 0.588. The smallest absolute Gasteiger partial charge is 0.217 e. The van der Waals surface area contributed by atoms with Gasteiger partial charge in [-0.2, -0.15) is 0 Å². The molecule has 1 aromatic carbocycles. The fourth-order valence-corrected chi connectivity index (χ4v) is 3.78. The summed E-state index contributed by atoms with van der Waals surface area (Å²) in [6.07, 6.45) is 4.38. The van der Waals surface area contributed by atoms with Gasteiger partial charge in [0, 0.05) is 31.3 Å². The number of nitrogens with zero attached hydrogens (tertiary/aromatic N) is 1. The monoisotopic (exact) mass is 358 g/mol. The Morgan fingerprint density at radius 1 is 1.33 bits per heavy atom. The van der Waals surface area contributed by atoms with Gasteiger partial charge in [0.2, 0.25) is 5.91 Å². The van der Waals surface area contributed by atoms with Crippen LogP contribution in [0.4, 0.5) is 8.78 Å². The average Bonchev–Trinajstić information content (AvgIpc) is 3.28. The van der Waals surface area contributed by atoms with Crippen LogP contribution >= 0.6 is 0 Å². The molecule has 1 amide bonds. The van der Waals surface area contributed by atoms with Crippen molar-refractivity contribution in [3.8, 4) is 0 Å². The summed E-state index contributed by atoms with van der Waals surface area (Å²) in [7, 11) is -1.24. The molecule has 134 valence electrons. The molecule has 0 saturated heterocycles. The molecule has 7 heteroatoms. The first-order chi connectivity index (χ1) is 11.3. The lowest BCUT2D eigenvalue weighted by atomic mass is 9.89. The van der Waals surface area contributed by atoms with Crippen LogP contribution in [0.25, 0.3) is 0 Å². The molecule has 1 aliphatic carbocycles. The quantitative estimate of drug-likeness (QED) is 0.738. The van der Waals surface area contributed by atoms with Crippen molar-refractivity contribution < 1.29 is 17.8 Å². The molecule has 1 atom stereocenters. The van der Waals surface area contributed by atoms with E-state index in [9.17, 15) is 17.8 Å². The highest BCUT2D eigenvalue weighted by Gasteiger charge is 2.46. The zero-order valence-electron chi connectivity index (χ0n) is 14.1. The summed E-state index contributed by atoms with van der Waals surface area (Å²) < 4.78 is 42.3. The van der Waals surface area contributed by atoms with E-state index in [1.54, 1.807) is 4.31 Å². The van der Waals surface area contributed by atoms with Crippen LogP contribution in [0.15, 0.2) is 12.1 Å². The van der Waals surface area contributed by atoms with E-state index in [-0.39, 0.29) is 18.5 Å². The average molecular weight is 358 g/mol. The van der Waals surface area contributed by atoms with Crippen molar-refractivity contribution >= 4 is 16.9 Å². The molecule has 2 N–H and O–H groups in total.